The van der Waals surface area contributed by atoms with Crippen molar-refractivity contribution < 1.29 is 19.4 Å². The molecule has 1 saturated heterocycles. The van der Waals surface area contributed by atoms with Crippen LogP contribution in [0.2, 0.25) is 0 Å². The summed E-state index contributed by atoms with van der Waals surface area (Å²) in [5.41, 5.74) is -0.214. The first kappa shape index (κ1) is 12.4. The molecule has 0 bridgehead atoms. The van der Waals surface area contributed by atoms with Crippen molar-refractivity contribution in [2.24, 2.45) is 0 Å². The van der Waals surface area contributed by atoms with Gasteiger partial charge in [-0.1, -0.05) is 18.2 Å². The van der Waals surface area contributed by atoms with Gasteiger partial charge >= 0.3 is 5.97 Å². The third-order valence-electron chi connectivity index (χ3n) is 3.96. The highest BCUT2D eigenvalue weighted by molar-refractivity contribution is 5.82. The maximum atomic E-state index is 12.0. The fourth-order valence-electron chi connectivity index (χ4n) is 3.01. The molecule has 0 spiro atoms. The number of carboxylic acids is 1. The first-order chi connectivity index (χ1) is 9.25. The lowest BCUT2D eigenvalue weighted by Gasteiger charge is -2.45. The molecule has 0 amide bonds. The van der Waals surface area contributed by atoms with E-state index in [2.05, 4.69) is 0 Å². The van der Waals surface area contributed by atoms with Crippen LogP contribution in [0.4, 0.5) is 0 Å². The Hall–Kier alpha value is -1.59. The molecule has 2 aliphatic heterocycles. The van der Waals surface area contributed by atoms with Crippen molar-refractivity contribution in [2.75, 3.05) is 32.9 Å². The quantitative estimate of drug-likeness (QED) is 0.865. The molecule has 5 nitrogen and oxygen atoms in total. The van der Waals surface area contributed by atoms with E-state index in [4.69, 9.17) is 9.47 Å². The second kappa shape index (κ2) is 4.83. The molecule has 1 atom stereocenters. The van der Waals surface area contributed by atoms with Crippen LogP contribution in [0.1, 0.15) is 12.0 Å². The minimum atomic E-state index is -0.974. The molecule has 1 fully saturated rings. The number of fused-ring (bicyclic) bond motifs is 1. The maximum absolute atomic E-state index is 12.0. The molecule has 5 heteroatoms. The lowest BCUT2D eigenvalue weighted by atomic mass is 9.82. The van der Waals surface area contributed by atoms with E-state index in [1.807, 2.05) is 29.2 Å². The summed E-state index contributed by atoms with van der Waals surface area (Å²) in [6.45, 7) is 2.87. The summed E-state index contributed by atoms with van der Waals surface area (Å²) in [5.74, 6) is -0.118. The molecule has 0 aliphatic carbocycles. The summed E-state index contributed by atoms with van der Waals surface area (Å²) in [5, 5.41) is 9.85. The summed E-state index contributed by atoms with van der Waals surface area (Å²) in [7, 11) is 0. The number of nitrogens with zero attached hydrogens (tertiary/aromatic N) is 1. The van der Waals surface area contributed by atoms with E-state index in [1.165, 1.54) is 0 Å². The second-order valence-corrected chi connectivity index (χ2v) is 4.86. The minimum Gasteiger partial charge on any atom is -0.493 e. The number of aliphatic carboxylic acids is 1. The van der Waals surface area contributed by atoms with Crippen LogP contribution in [-0.4, -0.2) is 48.9 Å². The summed E-state index contributed by atoms with van der Waals surface area (Å²) in [6, 6.07) is 7.44. The molecule has 0 radical (unpaired) electrons. The lowest BCUT2D eigenvalue weighted by molar-refractivity contribution is -0.158. The first-order valence-corrected chi connectivity index (χ1v) is 6.53. The Morgan fingerprint density at radius 1 is 1.21 bits per heavy atom. The Labute approximate surface area is 111 Å². The fourth-order valence-corrected chi connectivity index (χ4v) is 3.01. The largest absolute Gasteiger partial charge is 0.493 e. The number of carbonyl (C=O) groups is 1. The fraction of sp³-hybridized carbons (Fsp3) is 0.500. The highest BCUT2D eigenvalue weighted by Crippen LogP contribution is 2.41. The second-order valence-electron chi connectivity index (χ2n) is 4.86. The average molecular weight is 263 g/mol. The lowest BCUT2D eigenvalue weighted by Crippen LogP contribution is -2.57. The number of rotatable bonds is 2. The van der Waals surface area contributed by atoms with Gasteiger partial charge in [0.1, 0.15) is 5.75 Å². The summed E-state index contributed by atoms with van der Waals surface area (Å²) in [6.07, 6.45) is 0.472. The van der Waals surface area contributed by atoms with Crippen LogP contribution >= 0.6 is 0 Å². The Kier molecular flexibility index (Phi) is 3.16. The molecule has 2 aliphatic rings. The third kappa shape index (κ3) is 1.89. The number of hydrogen-bond acceptors (Lipinski definition) is 4. The van der Waals surface area contributed by atoms with Crippen molar-refractivity contribution in [1.82, 2.24) is 4.90 Å². The smallest absolute Gasteiger partial charge is 0.329 e. The van der Waals surface area contributed by atoms with Gasteiger partial charge in [-0.25, -0.2) is 4.79 Å². The Morgan fingerprint density at radius 2 is 1.95 bits per heavy atom. The molecule has 0 saturated carbocycles. The third-order valence-corrected chi connectivity index (χ3v) is 3.96. The van der Waals surface area contributed by atoms with E-state index in [9.17, 15) is 9.90 Å². The Morgan fingerprint density at radius 3 is 2.68 bits per heavy atom. The highest BCUT2D eigenvalue weighted by Gasteiger charge is 2.49. The van der Waals surface area contributed by atoms with Crippen LogP contribution in [0.25, 0.3) is 0 Å². The molecule has 1 unspecified atom stereocenters. The van der Waals surface area contributed by atoms with Crippen molar-refractivity contribution in [1.29, 1.82) is 0 Å². The highest BCUT2D eigenvalue weighted by atomic mass is 16.5. The van der Waals surface area contributed by atoms with E-state index in [0.29, 0.717) is 45.1 Å². The van der Waals surface area contributed by atoms with Crippen molar-refractivity contribution in [3.63, 3.8) is 0 Å². The van der Waals surface area contributed by atoms with Gasteiger partial charge in [-0.05, 0) is 6.07 Å². The summed E-state index contributed by atoms with van der Waals surface area (Å²) < 4.78 is 10.9. The number of ether oxygens (including phenoxy) is 2. The molecule has 1 aromatic carbocycles. The predicted molar refractivity (Wildman–Crippen MR) is 68.3 cm³/mol. The van der Waals surface area contributed by atoms with Gasteiger partial charge in [-0.3, -0.25) is 4.90 Å². The predicted octanol–water partition coefficient (Wildman–Crippen LogP) is 1.08. The first-order valence-electron chi connectivity index (χ1n) is 6.53. The zero-order chi connectivity index (χ0) is 13.3. The Bertz CT molecular complexity index is 484. The van der Waals surface area contributed by atoms with E-state index in [1.54, 1.807) is 0 Å². The molecule has 19 heavy (non-hydrogen) atoms. The van der Waals surface area contributed by atoms with Gasteiger partial charge in [0.15, 0.2) is 5.54 Å². The molecule has 3 rings (SSSR count). The van der Waals surface area contributed by atoms with Gasteiger partial charge in [0, 0.05) is 25.1 Å². The van der Waals surface area contributed by atoms with Crippen molar-refractivity contribution in [3.8, 4) is 5.75 Å². The summed E-state index contributed by atoms with van der Waals surface area (Å²) >= 11 is 0. The van der Waals surface area contributed by atoms with Crippen molar-refractivity contribution in [2.45, 2.75) is 12.0 Å². The Balaban J connectivity index is 2.08. The maximum Gasteiger partial charge on any atom is 0.329 e. The number of carboxylic acid groups (broad SMARTS) is 1. The zero-order valence-corrected chi connectivity index (χ0v) is 10.7. The summed E-state index contributed by atoms with van der Waals surface area (Å²) in [4.78, 5) is 14.0. The van der Waals surface area contributed by atoms with Crippen LogP contribution in [-0.2, 0) is 15.1 Å². The number of morpholine rings is 1. The van der Waals surface area contributed by atoms with Crippen molar-refractivity contribution in [3.05, 3.63) is 29.8 Å². The molecular weight excluding hydrogens is 246 g/mol. The van der Waals surface area contributed by atoms with E-state index < -0.39 is 11.5 Å². The van der Waals surface area contributed by atoms with Crippen LogP contribution < -0.4 is 4.74 Å². The van der Waals surface area contributed by atoms with Gasteiger partial charge in [-0.2, -0.15) is 0 Å². The van der Waals surface area contributed by atoms with Gasteiger partial charge in [0.05, 0.1) is 19.8 Å². The van der Waals surface area contributed by atoms with E-state index >= 15 is 0 Å². The molecular formula is C14H17NO4. The van der Waals surface area contributed by atoms with Gasteiger partial charge in [-0.15, -0.1) is 0 Å². The minimum absolute atomic E-state index is 0.431. The van der Waals surface area contributed by atoms with Gasteiger partial charge in [0.25, 0.3) is 0 Å². The van der Waals surface area contributed by atoms with E-state index in [0.717, 1.165) is 5.56 Å². The van der Waals surface area contributed by atoms with Gasteiger partial charge < -0.3 is 14.6 Å². The number of hydrogen-bond donors (Lipinski definition) is 1. The van der Waals surface area contributed by atoms with Crippen LogP contribution in [0.5, 0.6) is 5.75 Å². The molecule has 102 valence electrons. The number of benzene rings is 1. The molecule has 0 aromatic heterocycles. The number of para-hydroxylation sites is 1. The molecule has 2 heterocycles. The zero-order valence-electron chi connectivity index (χ0n) is 10.7. The normalized spacial score (nSPS) is 27.4. The van der Waals surface area contributed by atoms with Gasteiger partial charge in [0.2, 0.25) is 0 Å². The van der Waals surface area contributed by atoms with E-state index in [-0.39, 0.29) is 0 Å². The van der Waals surface area contributed by atoms with Crippen LogP contribution in [0.15, 0.2) is 24.3 Å². The van der Waals surface area contributed by atoms with Crippen LogP contribution in [0, 0.1) is 0 Å². The SMILES string of the molecule is O=C(O)C1(N2CCOCC2)CCOc2ccccc21. The standard InChI is InChI=1S/C14H17NO4/c16-13(17)14(15-6-9-18-10-7-15)5-8-19-12-4-2-1-3-11(12)14/h1-4H,5-10H2,(H,16,17). The molecule has 1 aromatic rings. The average Bonchev–Trinajstić information content (AvgIpc) is 2.47. The molecule has 1 N–H and O–H groups in total. The monoisotopic (exact) mass is 263 g/mol. The van der Waals surface area contributed by atoms with Crippen LogP contribution in [0.3, 0.4) is 0 Å². The van der Waals surface area contributed by atoms with Crippen molar-refractivity contribution >= 4 is 5.97 Å². The topological polar surface area (TPSA) is 59.0 Å².